The van der Waals surface area contributed by atoms with Gasteiger partial charge in [0.25, 0.3) is 0 Å². The van der Waals surface area contributed by atoms with E-state index in [-0.39, 0.29) is 0 Å². The van der Waals surface area contributed by atoms with Crippen LogP contribution in [0.4, 0.5) is 11.4 Å². The van der Waals surface area contributed by atoms with Gasteiger partial charge in [0.1, 0.15) is 0 Å². The molecule has 0 aromatic heterocycles. The second-order valence-electron chi connectivity index (χ2n) is 6.95. The van der Waals surface area contributed by atoms with Crippen LogP contribution in [0.1, 0.15) is 87.2 Å². The molecule has 0 heterocycles. The Kier molecular flexibility index (Phi) is 4.72. The molecule has 1 aromatic carbocycles. The molecule has 3 rings (SSSR count). The van der Waals surface area contributed by atoms with Crippen LogP contribution in [0.25, 0.3) is 0 Å². The predicted molar refractivity (Wildman–Crippen MR) is 92.1 cm³/mol. The Bertz CT molecular complexity index is 469. The van der Waals surface area contributed by atoms with E-state index >= 15 is 0 Å². The summed E-state index contributed by atoms with van der Waals surface area (Å²) in [7, 11) is 2.06. The third-order valence-corrected chi connectivity index (χ3v) is 5.62. The zero-order chi connectivity index (χ0) is 14.7. The third kappa shape index (κ3) is 3.04. The molecule has 0 atom stereocenters. The summed E-state index contributed by atoms with van der Waals surface area (Å²) in [6.07, 6.45) is 13.7. The smallest absolute Gasteiger partial charge is 0.0377 e. The van der Waals surface area contributed by atoms with E-state index in [4.69, 9.17) is 5.73 Å². The highest BCUT2D eigenvalue weighted by atomic mass is 14.8. The van der Waals surface area contributed by atoms with Crippen molar-refractivity contribution in [3.8, 4) is 0 Å². The van der Waals surface area contributed by atoms with Crippen molar-refractivity contribution in [1.29, 1.82) is 0 Å². The molecule has 2 aliphatic rings. The fourth-order valence-electron chi connectivity index (χ4n) is 4.55. The fourth-order valence-corrected chi connectivity index (χ4v) is 4.55. The molecule has 0 unspecified atom stereocenters. The number of benzene rings is 1. The fraction of sp³-hybridized carbons (Fsp3) is 0.684. The van der Waals surface area contributed by atoms with Gasteiger partial charge in [0, 0.05) is 18.4 Å². The third-order valence-electron chi connectivity index (χ3n) is 5.62. The zero-order valence-corrected chi connectivity index (χ0v) is 13.5. The Labute approximate surface area is 129 Å². The van der Waals surface area contributed by atoms with E-state index in [1.165, 1.54) is 75.5 Å². The number of rotatable bonds is 3. The van der Waals surface area contributed by atoms with Crippen LogP contribution in [0.3, 0.4) is 0 Å². The topological polar surface area (TPSA) is 38.0 Å². The molecule has 2 nitrogen and oxygen atoms in total. The number of nitrogen functional groups attached to an aromatic ring is 1. The maximum atomic E-state index is 6.45. The molecule has 0 bridgehead atoms. The van der Waals surface area contributed by atoms with Gasteiger partial charge >= 0.3 is 0 Å². The lowest BCUT2D eigenvalue weighted by Crippen LogP contribution is -2.16. The molecule has 116 valence electrons. The van der Waals surface area contributed by atoms with Gasteiger partial charge in [-0.15, -0.1) is 0 Å². The molecule has 0 aliphatic heterocycles. The van der Waals surface area contributed by atoms with Gasteiger partial charge < -0.3 is 11.1 Å². The van der Waals surface area contributed by atoms with Crippen LogP contribution >= 0.6 is 0 Å². The highest BCUT2D eigenvalue weighted by molar-refractivity contribution is 5.66. The van der Waals surface area contributed by atoms with Crippen LogP contribution in [0.2, 0.25) is 0 Å². The van der Waals surface area contributed by atoms with E-state index in [9.17, 15) is 0 Å². The molecule has 2 aliphatic carbocycles. The summed E-state index contributed by atoms with van der Waals surface area (Å²) in [4.78, 5) is 0. The highest BCUT2D eigenvalue weighted by Gasteiger charge is 2.27. The van der Waals surface area contributed by atoms with Gasteiger partial charge in [-0.3, -0.25) is 0 Å². The lowest BCUT2D eigenvalue weighted by molar-refractivity contribution is 0.420. The number of nitrogens with two attached hydrogens (primary N) is 1. The molecule has 21 heavy (non-hydrogen) atoms. The minimum Gasteiger partial charge on any atom is -0.398 e. The molecule has 1 aromatic rings. The summed E-state index contributed by atoms with van der Waals surface area (Å²) < 4.78 is 0. The van der Waals surface area contributed by atoms with E-state index < -0.39 is 0 Å². The highest BCUT2D eigenvalue weighted by Crippen LogP contribution is 2.46. The van der Waals surface area contributed by atoms with Crippen LogP contribution in [0, 0.1) is 0 Å². The first-order chi connectivity index (χ1) is 10.3. The first kappa shape index (κ1) is 14.7. The lowest BCUT2D eigenvalue weighted by atomic mass is 9.74. The summed E-state index contributed by atoms with van der Waals surface area (Å²) in [5.74, 6) is 1.42. The van der Waals surface area contributed by atoms with Crippen molar-refractivity contribution in [2.75, 3.05) is 18.1 Å². The van der Waals surface area contributed by atoms with Crippen LogP contribution in [0.15, 0.2) is 12.1 Å². The number of nitrogens with one attached hydrogen (secondary N) is 1. The summed E-state index contributed by atoms with van der Waals surface area (Å²) >= 11 is 0. The molecule has 0 saturated heterocycles. The zero-order valence-electron chi connectivity index (χ0n) is 13.5. The van der Waals surface area contributed by atoms with Gasteiger partial charge in [-0.05, 0) is 60.8 Å². The van der Waals surface area contributed by atoms with Crippen molar-refractivity contribution < 1.29 is 0 Å². The molecular weight excluding hydrogens is 256 g/mol. The average Bonchev–Trinajstić information content (AvgIpc) is 2.56. The van der Waals surface area contributed by atoms with E-state index in [2.05, 4.69) is 24.5 Å². The van der Waals surface area contributed by atoms with E-state index in [1.54, 1.807) is 5.56 Å². The van der Waals surface area contributed by atoms with Crippen LogP contribution < -0.4 is 11.1 Å². The average molecular weight is 286 g/mol. The number of anilines is 2. The number of hydrogen-bond donors (Lipinski definition) is 2. The molecule has 0 radical (unpaired) electrons. The van der Waals surface area contributed by atoms with Gasteiger partial charge in [-0.1, -0.05) is 38.5 Å². The molecule has 2 fully saturated rings. The molecule has 2 saturated carbocycles. The van der Waals surface area contributed by atoms with Crippen molar-refractivity contribution in [2.24, 2.45) is 0 Å². The molecular formula is C19H30N2. The molecule has 3 N–H and O–H groups in total. The summed E-state index contributed by atoms with van der Waals surface area (Å²) in [6, 6.07) is 4.33. The van der Waals surface area contributed by atoms with Crippen molar-refractivity contribution in [3.63, 3.8) is 0 Å². The SMILES string of the molecule is CNc1ccc(N)c(C2CCCCC2)c1C1CCCCC1. The Morgan fingerprint density at radius 3 is 1.86 bits per heavy atom. The predicted octanol–water partition coefficient (Wildman–Crippen LogP) is 5.41. The van der Waals surface area contributed by atoms with Crippen molar-refractivity contribution in [2.45, 2.75) is 76.0 Å². The van der Waals surface area contributed by atoms with Gasteiger partial charge in [0.2, 0.25) is 0 Å². The Balaban J connectivity index is 2.02. The van der Waals surface area contributed by atoms with E-state index in [1.807, 2.05) is 0 Å². The largest absolute Gasteiger partial charge is 0.398 e. The lowest BCUT2D eigenvalue weighted by Gasteiger charge is -2.32. The van der Waals surface area contributed by atoms with Crippen LogP contribution in [0.5, 0.6) is 0 Å². The quantitative estimate of drug-likeness (QED) is 0.729. The van der Waals surface area contributed by atoms with E-state index in [0.717, 1.165) is 11.6 Å². The Morgan fingerprint density at radius 1 is 0.810 bits per heavy atom. The minimum atomic E-state index is 0.698. The van der Waals surface area contributed by atoms with Gasteiger partial charge in [-0.25, -0.2) is 0 Å². The minimum absolute atomic E-state index is 0.698. The van der Waals surface area contributed by atoms with E-state index in [0.29, 0.717) is 5.92 Å². The second-order valence-corrected chi connectivity index (χ2v) is 6.95. The normalized spacial score (nSPS) is 21.4. The van der Waals surface area contributed by atoms with Gasteiger partial charge in [-0.2, -0.15) is 0 Å². The van der Waals surface area contributed by atoms with Crippen molar-refractivity contribution >= 4 is 11.4 Å². The van der Waals surface area contributed by atoms with Crippen LogP contribution in [-0.2, 0) is 0 Å². The standard InChI is InChI=1S/C19H30N2/c1-21-17-13-12-16(20)18(14-8-4-2-5-9-14)19(17)15-10-6-3-7-11-15/h12-15,21H,2-11,20H2,1H3. The molecule has 2 heteroatoms. The molecule has 0 spiro atoms. The number of hydrogen-bond acceptors (Lipinski definition) is 2. The maximum absolute atomic E-state index is 6.45. The first-order valence-electron chi connectivity index (χ1n) is 8.91. The van der Waals surface area contributed by atoms with Gasteiger partial charge in [0.05, 0.1) is 0 Å². The van der Waals surface area contributed by atoms with Crippen molar-refractivity contribution in [3.05, 3.63) is 23.3 Å². The van der Waals surface area contributed by atoms with Gasteiger partial charge in [0.15, 0.2) is 0 Å². The van der Waals surface area contributed by atoms with Crippen molar-refractivity contribution in [1.82, 2.24) is 0 Å². The van der Waals surface area contributed by atoms with Crippen LogP contribution in [-0.4, -0.2) is 7.05 Å². The monoisotopic (exact) mass is 286 g/mol. The Hall–Kier alpha value is -1.18. The Morgan fingerprint density at radius 2 is 1.33 bits per heavy atom. The first-order valence-corrected chi connectivity index (χ1v) is 8.91. The molecule has 0 amide bonds. The summed E-state index contributed by atoms with van der Waals surface area (Å²) in [5.41, 5.74) is 11.9. The summed E-state index contributed by atoms with van der Waals surface area (Å²) in [6.45, 7) is 0. The second kappa shape index (κ2) is 6.72. The maximum Gasteiger partial charge on any atom is 0.0377 e. The summed E-state index contributed by atoms with van der Waals surface area (Å²) in [5, 5.41) is 3.44.